The SMILES string of the molecule is N#CCc1c(OC(F)(F)F)c[nH]c(=O)c1C(F)F. The summed E-state index contributed by atoms with van der Waals surface area (Å²) in [6.07, 6.45) is -8.72. The van der Waals surface area contributed by atoms with E-state index in [0.717, 1.165) is 0 Å². The third-order valence-corrected chi connectivity index (χ3v) is 1.90. The number of aromatic amines is 1. The molecule has 4 nitrogen and oxygen atoms in total. The van der Waals surface area contributed by atoms with Gasteiger partial charge in [-0.2, -0.15) is 5.26 Å². The first kappa shape index (κ1) is 14.0. The van der Waals surface area contributed by atoms with Gasteiger partial charge in [0.15, 0.2) is 0 Å². The van der Waals surface area contributed by atoms with Crippen molar-refractivity contribution in [1.82, 2.24) is 4.98 Å². The number of nitrogens with one attached hydrogen (secondary N) is 1. The van der Waals surface area contributed by atoms with Crippen molar-refractivity contribution < 1.29 is 26.7 Å². The van der Waals surface area contributed by atoms with E-state index >= 15 is 0 Å². The van der Waals surface area contributed by atoms with E-state index in [1.54, 1.807) is 4.98 Å². The second-order valence-electron chi connectivity index (χ2n) is 3.06. The van der Waals surface area contributed by atoms with Gasteiger partial charge in [-0.05, 0) is 0 Å². The third-order valence-electron chi connectivity index (χ3n) is 1.90. The minimum atomic E-state index is -5.11. The van der Waals surface area contributed by atoms with Crippen LogP contribution in [0, 0.1) is 11.3 Å². The number of nitriles is 1. The van der Waals surface area contributed by atoms with E-state index in [1.165, 1.54) is 6.07 Å². The van der Waals surface area contributed by atoms with Gasteiger partial charge in [-0.15, -0.1) is 13.2 Å². The molecule has 0 aliphatic rings. The Bertz CT molecular complexity index is 529. The maximum atomic E-state index is 12.6. The van der Waals surface area contributed by atoms with Gasteiger partial charge in [0.1, 0.15) is 5.75 Å². The number of rotatable bonds is 3. The number of alkyl halides is 5. The van der Waals surface area contributed by atoms with Crippen LogP contribution in [0.25, 0.3) is 0 Å². The molecular formula is C9H5F5N2O2. The molecule has 1 heterocycles. The van der Waals surface area contributed by atoms with Crippen LogP contribution in [0.4, 0.5) is 22.0 Å². The van der Waals surface area contributed by atoms with E-state index in [-0.39, 0.29) is 0 Å². The number of pyridine rings is 1. The highest BCUT2D eigenvalue weighted by Gasteiger charge is 2.33. The van der Waals surface area contributed by atoms with Crippen LogP contribution in [0.3, 0.4) is 0 Å². The normalized spacial score (nSPS) is 11.4. The number of halogens is 5. The lowest BCUT2D eigenvalue weighted by Gasteiger charge is -2.13. The molecule has 0 saturated carbocycles. The van der Waals surface area contributed by atoms with Crippen LogP contribution in [-0.4, -0.2) is 11.3 Å². The van der Waals surface area contributed by atoms with Crippen LogP contribution < -0.4 is 10.3 Å². The van der Waals surface area contributed by atoms with Crippen LogP contribution in [0.2, 0.25) is 0 Å². The molecule has 0 fully saturated rings. The molecule has 1 rings (SSSR count). The molecule has 0 spiro atoms. The molecule has 1 aromatic heterocycles. The van der Waals surface area contributed by atoms with Gasteiger partial charge in [0.05, 0.1) is 18.1 Å². The quantitative estimate of drug-likeness (QED) is 0.855. The van der Waals surface area contributed by atoms with Gasteiger partial charge < -0.3 is 9.72 Å². The summed E-state index contributed by atoms with van der Waals surface area (Å²) in [6, 6.07) is 1.40. The minimum absolute atomic E-state index is 0.494. The Labute approximate surface area is 96.6 Å². The fraction of sp³-hybridized carbons (Fsp3) is 0.333. The number of H-pyrrole nitrogens is 1. The molecule has 0 radical (unpaired) electrons. The summed E-state index contributed by atoms with van der Waals surface area (Å²) in [7, 11) is 0. The molecule has 0 saturated heterocycles. The Balaban J connectivity index is 3.40. The molecule has 1 N–H and O–H groups in total. The Kier molecular flexibility index (Phi) is 3.90. The monoisotopic (exact) mass is 268 g/mol. The minimum Gasteiger partial charge on any atom is -0.404 e. The van der Waals surface area contributed by atoms with Crippen molar-refractivity contribution in [3.8, 4) is 11.8 Å². The summed E-state index contributed by atoms with van der Waals surface area (Å²) in [5.41, 5.74) is -3.23. The molecule has 0 unspecified atom stereocenters. The van der Waals surface area contributed by atoms with E-state index in [1.807, 2.05) is 0 Å². The highest BCUT2D eigenvalue weighted by Crippen LogP contribution is 2.30. The highest BCUT2D eigenvalue weighted by molar-refractivity contribution is 5.39. The molecule has 98 valence electrons. The largest absolute Gasteiger partial charge is 0.573 e. The molecule has 9 heteroatoms. The maximum Gasteiger partial charge on any atom is 0.573 e. The molecular weight excluding hydrogens is 263 g/mol. The van der Waals surface area contributed by atoms with Crippen LogP contribution in [-0.2, 0) is 6.42 Å². The van der Waals surface area contributed by atoms with Crippen molar-refractivity contribution in [2.75, 3.05) is 0 Å². The van der Waals surface area contributed by atoms with Gasteiger partial charge in [-0.1, -0.05) is 0 Å². The summed E-state index contributed by atoms with van der Waals surface area (Å²) in [6.45, 7) is 0. The van der Waals surface area contributed by atoms with Crippen LogP contribution in [0.15, 0.2) is 11.0 Å². The molecule has 0 atom stereocenters. The maximum absolute atomic E-state index is 12.6. The van der Waals surface area contributed by atoms with Gasteiger partial charge in [0, 0.05) is 11.8 Å². The van der Waals surface area contributed by atoms with Crippen molar-refractivity contribution in [3.63, 3.8) is 0 Å². The Morgan fingerprint density at radius 1 is 1.44 bits per heavy atom. The van der Waals surface area contributed by atoms with Crippen molar-refractivity contribution in [1.29, 1.82) is 5.26 Å². The predicted molar refractivity (Wildman–Crippen MR) is 48.0 cm³/mol. The number of hydrogen-bond donors (Lipinski definition) is 1. The highest BCUT2D eigenvalue weighted by atomic mass is 19.4. The summed E-state index contributed by atoms with van der Waals surface area (Å²) < 4.78 is 64.6. The molecule has 0 amide bonds. The third kappa shape index (κ3) is 3.19. The first-order chi connectivity index (χ1) is 8.26. The average Bonchev–Trinajstić information content (AvgIpc) is 2.20. The van der Waals surface area contributed by atoms with Gasteiger partial charge >= 0.3 is 6.36 Å². The zero-order chi connectivity index (χ0) is 13.9. The summed E-state index contributed by atoms with van der Waals surface area (Å²) in [4.78, 5) is 12.8. The number of nitrogens with zero attached hydrogens (tertiary/aromatic N) is 1. The smallest absolute Gasteiger partial charge is 0.404 e. The first-order valence-corrected chi connectivity index (χ1v) is 4.41. The molecule has 18 heavy (non-hydrogen) atoms. The number of aromatic nitrogens is 1. The van der Waals surface area contributed by atoms with Crippen molar-refractivity contribution in [3.05, 3.63) is 27.7 Å². The van der Waals surface area contributed by atoms with Crippen LogP contribution >= 0.6 is 0 Å². The van der Waals surface area contributed by atoms with Crippen molar-refractivity contribution in [2.45, 2.75) is 19.2 Å². The molecule has 0 aromatic carbocycles. The first-order valence-electron chi connectivity index (χ1n) is 4.41. The number of hydrogen-bond acceptors (Lipinski definition) is 3. The second-order valence-corrected chi connectivity index (χ2v) is 3.06. The average molecular weight is 268 g/mol. The lowest BCUT2D eigenvalue weighted by atomic mass is 10.1. The molecule has 1 aromatic rings. The van der Waals surface area contributed by atoms with Gasteiger partial charge in [0.25, 0.3) is 12.0 Å². The second kappa shape index (κ2) is 5.03. The van der Waals surface area contributed by atoms with Crippen molar-refractivity contribution in [2.24, 2.45) is 0 Å². The molecule has 0 aliphatic heterocycles. The summed E-state index contributed by atoms with van der Waals surface area (Å²) in [5, 5.41) is 8.40. The Morgan fingerprint density at radius 3 is 2.50 bits per heavy atom. The van der Waals surface area contributed by atoms with E-state index in [4.69, 9.17) is 5.26 Å². The van der Waals surface area contributed by atoms with E-state index in [0.29, 0.717) is 6.20 Å². The lowest BCUT2D eigenvalue weighted by molar-refractivity contribution is -0.275. The summed E-state index contributed by atoms with van der Waals surface area (Å²) in [5.74, 6) is -1.01. The standard InChI is InChI=1S/C9H5F5N2O2/c10-7(11)6-4(1-2-15)5(3-16-8(6)17)18-9(12,13)14/h3,7H,1H2,(H,16,17). The van der Waals surface area contributed by atoms with Gasteiger partial charge in [0.2, 0.25) is 0 Å². The van der Waals surface area contributed by atoms with Gasteiger partial charge in [-0.25, -0.2) is 8.78 Å². The van der Waals surface area contributed by atoms with E-state index in [2.05, 4.69) is 4.74 Å². The van der Waals surface area contributed by atoms with Gasteiger partial charge in [-0.3, -0.25) is 4.79 Å². The lowest BCUT2D eigenvalue weighted by Crippen LogP contribution is -2.22. The Morgan fingerprint density at radius 2 is 2.06 bits per heavy atom. The molecule has 0 bridgehead atoms. The van der Waals surface area contributed by atoms with Crippen molar-refractivity contribution >= 4 is 0 Å². The fourth-order valence-corrected chi connectivity index (χ4v) is 1.27. The zero-order valence-electron chi connectivity index (χ0n) is 8.52. The predicted octanol–water partition coefficient (Wildman–Crippen LogP) is 2.28. The Hall–Kier alpha value is -2.11. The summed E-state index contributed by atoms with van der Waals surface area (Å²) >= 11 is 0. The number of ether oxygens (including phenoxy) is 1. The van der Waals surface area contributed by atoms with E-state index in [9.17, 15) is 26.7 Å². The fourth-order valence-electron chi connectivity index (χ4n) is 1.27. The molecule has 0 aliphatic carbocycles. The zero-order valence-corrected chi connectivity index (χ0v) is 8.52. The van der Waals surface area contributed by atoms with E-state index < -0.39 is 41.6 Å². The topological polar surface area (TPSA) is 65.9 Å². The van der Waals surface area contributed by atoms with Crippen LogP contribution in [0.5, 0.6) is 5.75 Å². The van der Waals surface area contributed by atoms with Crippen LogP contribution in [0.1, 0.15) is 17.6 Å².